The topological polar surface area (TPSA) is 68.3 Å². The van der Waals surface area contributed by atoms with Crippen LogP contribution in [0.5, 0.6) is 0 Å². The first-order valence-corrected chi connectivity index (χ1v) is 7.36. The Bertz CT molecular complexity index is 387. The Morgan fingerprint density at radius 3 is 1.00 bits per heavy atom. The minimum Gasteiger partial charge on any atom is -0.207 e. The van der Waals surface area contributed by atoms with Crippen LogP contribution in [0.15, 0.2) is 0 Å². The van der Waals surface area contributed by atoms with Gasteiger partial charge in [-0.05, 0) is 0 Å². The molecular weight excluding hydrogens is 406 g/mol. The van der Waals surface area contributed by atoms with E-state index in [1.54, 1.807) is 0 Å². The monoisotopic (exact) mass is 405 g/mol. The smallest absolute Gasteiger partial charge is 0.207 e. The molecule has 0 aromatic heterocycles. The molecular formula is C2AgF6O4S3. The molecule has 14 heteroatoms. The summed E-state index contributed by atoms with van der Waals surface area (Å²) in [6.07, 6.45) is 0. The van der Waals surface area contributed by atoms with E-state index in [1.807, 2.05) is 0 Å². The second-order valence-corrected chi connectivity index (χ2v) is 9.01. The SMILES string of the molecule is O=S(=O)(SS(=O)(=O)C(F)(F)F)C(F)(F)F.[Ag]. The molecule has 103 valence electrons. The van der Waals surface area contributed by atoms with Crippen molar-refractivity contribution in [3.63, 3.8) is 0 Å². The zero-order chi connectivity index (χ0) is 12.7. The van der Waals surface area contributed by atoms with Crippen LogP contribution in [-0.4, -0.2) is 27.9 Å². The van der Waals surface area contributed by atoms with Crippen molar-refractivity contribution < 1.29 is 65.6 Å². The molecule has 1 radical (unpaired) electrons. The summed E-state index contributed by atoms with van der Waals surface area (Å²) in [5, 5.41) is 0. The first-order valence-electron chi connectivity index (χ1n) is 2.54. The van der Waals surface area contributed by atoms with Gasteiger partial charge < -0.3 is 0 Å². The van der Waals surface area contributed by atoms with Crippen molar-refractivity contribution in [1.29, 1.82) is 0 Å². The molecule has 0 aromatic rings. The van der Waals surface area contributed by atoms with Crippen molar-refractivity contribution in [2.75, 3.05) is 0 Å². The van der Waals surface area contributed by atoms with Crippen LogP contribution >= 0.6 is 9.83 Å². The molecule has 0 aromatic carbocycles. The Labute approximate surface area is 104 Å². The number of halogens is 6. The number of alkyl halides is 6. The zero-order valence-corrected chi connectivity index (χ0v) is 10.4. The van der Waals surface area contributed by atoms with E-state index in [2.05, 4.69) is 0 Å². The van der Waals surface area contributed by atoms with E-state index in [9.17, 15) is 43.2 Å². The second-order valence-electron chi connectivity index (χ2n) is 1.87. The third kappa shape index (κ3) is 4.44. The fourth-order valence-electron chi connectivity index (χ4n) is 0.195. The van der Waals surface area contributed by atoms with Gasteiger partial charge in [0.15, 0.2) is 0 Å². The Morgan fingerprint density at radius 2 is 0.875 bits per heavy atom. The van der Waals surface area contributed by atoms with Crippen molar-refractivity contribution in [3.8, 4) is 0 Å². The van der Waals surface area contributed by atoms with E-state index in [-0.39, 0.29) is 22.4 Å². The first kappa shape index (κ1) is 18.9. The molecule has 0 spiro atoms. The predicted octanol–water partition coefficient (Wildman–Crippen LogP) is 1.42. The fraction of sp³-hybridized carbons (Fsp3) is 1.00. The zero-order valence-electron chi connectivity index (χ0n) is 6.43. The van der Waals surface area contributed by atoms with Crippen LogP contribution in [0.1, 0.15) is 0 Å². The molecule has 0 aliphatic carbocycles. The normalized spacial score (nSPS) is 14.4. The molecule has 0 saturated heterocycles. The molecule has 0 N–H and O–H groups in total. The standard InChI is InChI=1S/C2F6O4S3.Ag/c3-1(4,5)14(9,10)13-15(11,12)2(6,7)8;. The van der Waals surface area contributed by atoms with Gasteiger partial charge in [-0.1, -0.05) is 0 Å². The van der Waals surface area contributed by atoms with Crippen molar-refractivity contribution in [2.45, 2.75) is 11.0 Å². The molecule has 0 atom stereocenters. The van der Waals surface area contributed by atoms with Crippen LogP contribution in [0, 0.1) is 0 Å². The molecule has 0 unspecified atom stereocenters. The third-order valence-corrected chi connectivity index (χ3v) is 7.67. The molecule has 0 amide bonds. The largest absolute Gasteiger partial charge is 0.508 e. The van der Waals surface area contributed by atoms with Crippen LogP contribution in [0.2, 0.25) is 0 Å². The van der Waals surface area contributed by atoms with E-state index in [0.29, 0.717) is 0 Å². The molecule has 0 fully saturated rings. The molecule has 0 aliphatic rings. The molecule has 0 aliphatic heterocycles. The van der Waals surface area contributed by atoms with E-state index in [4.69, 9.17) is 0 Å². The maximum absolute atomic E-state index is 11.5. The molecule has 0 heterocycles. The van der Waals surface area contributed by atoms with Crippen molar-refractivity contribution in [2.24, 2.45) is 0 Å². The van der Waals surface area contributed by atoms with Gasteiger partial charge in [-0.15, -0.1) is 0 Å². The second kappa shape index (κ2) is 5.06. The quantitative estimate of drug-likeness (QED) is 0.394. The Morgan fingerprint density at radius 1 is 0.688 bits per heavy atom. The summed E-state index contributed by atoms with van der Waals surface area (Å²) in [6.45, 7) is 0. The Hall–Kier alpha value is 0.570. The summed E-state index contributed by atoms with van der Waals surface area (Å²) in [5.74, 6) is 0. The van der Waals surface area contributed by atoms with Gasteiger partial charge in [0, 0.05) is 22.4 Å². The van der Waals surface area contributed by atoms with Gasteiger partial charge in [-0.2, -0.15) is 26.3 Å². The van der Waals surface area contributed by atoms with Gasteiger partial charge in [0.1, 0.15) is 9.83 Å². The summed E-state index contributed by atoms with van der Waals surface area (Å²) >= 11 is 0. The molecule has 16 heavy (non-hydrogen) atoms. The number of hydrogen-bond donors (Lipinski definition) is 0. The van der Waals surface area contributed by atoms with E-state index in [1.165, 1.54) is 0 Å². The molecule has 0 rings (SSSR count). The molecule has 0 bridgehead atoms. The maximum Gasteiger partial charge on any atom is 0.508 e. The summed E-state index contributed by atoms with van der Waals surface area (Å²) in [5.41, 5.74) is -12.1. The van der Waals surface area contributed by atoms with Gasteiger partial charge in [0.05, 0.1) is 0 Å². The summed E-state index contributed by atoms with van der Waals surface area (Å²) < 4.78 is 109. The van der Waals surface area contributed by atoms with Crippen molar-refractivity contribution in [1.82, 2.24) is 0 Å². The van der Waals surface area contributed by atoms with Gasteiger partial charge in [0.25, 0.3) is 0 Å². The van der Waals surface area contributed by atoms with E-state index >= 15 is 0 Å². The minimum absolute atomic E-state index is 0. The number of rotatable bonds is 2. The Kier molecular flexibility index (Phi) is 5.98. The van der Waals surface area contributed by atoms with Gasteiger partial charge in [0.2, 0.25) is 0 Å². The predicted molar refractivity (Wildman–Crippen MR) is 37.5 cm³/mol. The van der Waals surface area contributed by atoms with E-state index < -0.39 is 38.6 Å². The van der Waals surface area contributed by atoms with Crippen LogP contribution in [-0.2, 0) is 40.1 Å². The van der Waals surface area contributed by atoms with Gasteiger partial charge >= 0.3 is 28.8 Å². The van der Waals surface area contributed by atoms with Crippen LogP contribution in [0.4, 0.5) is 26.3 Å². The van der Waals surface area contributed by atoms with Crippen molar-refractivity contribution >= 4 is 27.6 Å². The fourth-order valence-corrected chi connectivity index (χ4v) is 5.27. The first-order chi connectivity index (χ1) is 6.21. The van der Waals surface area contributed by atoms with Crippen LogP contribution in [0.3, 0.4) is 0 Å². The average Bonchev–Trinajstić information content (AvgIpc) is 1.77. The average molecular weight is 406 g/mol. The summed E-state index contributed by atoms with van der Waals surface area (Å²) in [6, 6.07) is 0. The van der Waals surface area contributed by atoms with E-state index in [0.717, 1.165) is 0 Å². The van der Waals surface area contributed by atoms with Crippen molar-refractivity contribution in [3.05, 3.63) is 0 Å². The minimum atomic E-state index is -6.43. The Balaban J connectivity index is 0. The van der Waals surface area contributed by atoms with Gasteiger partial charge in [-0.3, -0.25) is 0 Å². The maximum atomic E-state index is 11.5. The summed E-state index contributed by atoms with van der Waals surface area (Å²) in [7, 11) is -15.0. The molecule has 0 saturated carbocycles. The van der Waals surface area contributed by atoms with Crippen LogP contribution < -0.4 is 0 Å². The number of hydrogen-bond acceptors (Lipinski definition) is 5. The summed E-state index contributed by atoms with van der Waals surface area (Å²) in [4.78, 5) is 0. The third-order valence-electron chi connectivity index (χ3n) is 0.746. The van der Waals surface area contributed by atoms with Gasteiger partial charge in [-0.25, -0.2) is 16.8 Å². The van der Waals surface area contributed by atoms with Crippen LogP contribution in [0.25, 0.3) is 0 Å². The molecule has 4 nitrogen and oxygen atoms in total.